The van der Waals surface area contributed by atoms with Crippen LogP contribution in [-0.4, -0.2) is 63.4 Å². The number of fused-ring (bicyclic) bond motifs is 3. The van der Waals surface area contributed by atoms with Crippen molar-refractivity contribution in [2.75, 3.05) is 31.5 Å². The molecule has 3 aliphatic rings. The molecule has 2 N–H and O–H groups in total. The number of hydrogen-bond acceptors (Lipinski definition) is 6. The highest BCUT2D eigenvalue weighted by molar-refractivity contribution is 5.83. The maximum Gasteiger partial charge on any atom is 0.410 e. The topological polar surface area (TPSA) is 84.3 Å². The van der Waals surface area contributed by atoms with Crippen molar-refractivity contribution in [2.45, 2.75) is 83.4 Å². The van der Waals surface area contributed by atoms with Crippen LogP contribution in [0.3, 0.4) is 0 Å². The van der Waals surface area contributed by atoms with Gasteiger partial charge in [-0.3, -0.25) is 0 Å². The van der Waals surface area contributed by atoms with Crippen LogP contribution in [-0.2, 0) is 11.2 Å². The number of nitrogens with one attached hydrogen (secondary N) is 2. The Balaban J connectivity index is 1.13. The number of aromatic nitrogens is 3. The number of hydrogen-bond donors (Lipinski definition) is 2. The van der Waals surface area contributed by atoms with Crippen LogP contribution in [0.25, 0.3) is 11.0 Å². The molecule has 0 aromatic carbocycles. The van der Waals surface area contributed by atoms with E-state index >= 15 is 0 Å². The fraction of sp³-hybridized carbons (Fsp3) is 0.720. The predicted molar refractivity (Wildman–Crippen MR) is 130 cm³/mol. The number of imidazole rings is 1. The molecule has 8 nitrogen and oxygen atoms in total. The molecule has 2 aliphatic heterocycles. The molecule has 4 heterocycles. The van der Waals surface area contributed by atoms with E-state index in [-0.39, 0.29) is 6.09 Å². The monoisotopic (exact) mass is 454 g/mol. The number of amides is 1. The molecule has 8 heteroatoms. The summed E-state index contributed by atoms with van der Waals surface area (Å²) in [6, 6.07) is 1.07. The van der Waals surface area contributed by atoms with Gasteiger partial charge in [-0.15, -0.1) is 0 Å². The highest BCUT2D eigenvalue weighted by Gasteiger charge is 2.29. The first-order chi connectivity index (χ1) is 15.9. The zero-order valence-corrected chi connectivity index (χ0v) is 20.3. The zero-order valence-electron chi connectivity index (χ0n) is 20.3. The highest BCUT2D eigenvalue weighted by Crippen LogP contribution is 2.35. The van der Waals surface area contributed by atoms with Crippen LogP contribution in [0, 0.1) is 5.92 Å². The maximum absolute atomic E-state index is 12.4. The number of ether oxygens (including phenoxy) is 1. The molecule has 33 heavy (non-hydrogen) atoms. The number of anilines is 1. The van der Waals surface area contributed by atoms with Crippen LogP contribution in [0.4, 0.5) is 10.6 Å². The molecule has 180 valence electrons. The summed E-state index contributed by atoms with van der Waals surface area (Å²) in [5.41, 5.74) is 3.20. The lowest BCUT2D eigenvalue weighted by Gasteiger charge is -2.36. The average molecular weight is 455 g/mol. The Morgan fingerprint density at radius 1 is 1.21 bits per heavy atom. The van der Waals surface area contributed by atoms with E-state index in [1.807, 2.05) is 38.2 Å². The van der Waals surface area contributed by atoms with E-state index in [0.717, 1.165) is 50.4 Å². The Bertz CT molecular complexity index is 989. The lowest BCUT2D eigenvalue weighted by Crippen LogP contribution is -2.46. The molecule has 0 spiro atoms. The van der Waals surface area contributed by atoms with E-state index in [1.54, 1.807) is 0 Å². The SMILES string of the molecule is CC(C)(C)OC(=O)N1CCC[C@H](CN[C@H]2CC[C@H](n3cnc4cnc5c(c43)CCN5)CC2)C1. The van der Waals surface area contributed by atoms with E-state index in [9.17, 15) is 4.79 Å². The van der Waals surface area contributed by atoms with E-state index in [4.69, 9.17) is 4.74 Å². The third kappa shape index (κ3) is 4.95. The highest BCUT2D eigenvalue weighted by atomic mass is 16.6. The van der Waals surface area contributed by atoms with Crippen LogP contribution in [0.15, 0.2) is 12.5 Å². The Hall–Kier alpha value is -2.35. The normalized spacial score (nSPS) is 25.7. The molecule has 5 rings (SSSR count). The summed E-state index contributed by atoms with van der Waals surface area (Å²) >= 11 is 0. The van der Waals surface area contributed by atoms with Gasteiger partial charge in [0.2, 0.25) is 0 Å². The van der Waals surface area contributed by atoms with Crippen molar-refractivity contribution in [1.29, 1.82) is 0 Å². The van der Waals surface area contributed by atoms with Gasteiger partial charge in [0.15, 0.2) is 0 Å². The zero-order chi connectivity index (χ0) is 23.0. The van der Waals surface area contributed by atoms with Crippen molar-refractivity contribution in [1.82, 2.24) is 24.8 Å². The van der Waals surface area contributed by atoms with Crippen LogP contribution < -0.4 is 10.6 Å². The second kappa shape index (κ2) is 9.12. The molecule has 0 bridgehead atoms. The van der Waals surface area contributed by atoms with Gasteiger partial charge in [-0.05, 0) is 78.2 Å². The van der Waals surface area contributed by atoms with Gasteiger partial charge in [-0.25, -0.2) is 14.8 Å². The molecule has 1 saturated carbocycles. The number of nitrogens with zero attached hydrogens (tertiary/aromatic N) is 4. The Morgan fingerprint density at radius 2 is 2.03 bits per heavy atom. The van der Waals surface area contributed by atoms with E-state index < -0.39 is 5.60 Å². The third-order valence-corrected chi connectivity index (χ3v) is 7.33. The standard InChI is InChI=1S/C25H38N6O2/c1-25(2,3)33-24(32)30-12-4-5-17(15-30)13-27-18-6-8-19(9-7-18)31-16-29-21-14-28-23-20(22(21)31)10-11-26-23/h14,16-19,27H,4-13,15H2,1-3H3,(H,26,28)/t17-,18-,19-/m1/s1. The lowest BCUT2D eigenvalue weighted by molar-refractivity contribution is 0.0164. The summed E-state index contributed by atoms with van der Waals surface area (Å²) in [5, 5.41) is 7.21. The molecule has 1 amide bonds. The number of rotatable bonds is 4. The number of piperidine rings is 1. The maximum atomic E-state index is 12.4. The van der Waals surface area contributed by atoms with Gasteiger partial charge in [-0.1, -0.05) is 0 Å². The first kappa shape index (κ1) is 22.4. The first-order valence-electron chi connectivity index (χ1n) is 12.7. The van der Waals surface area contributed by atoms with Crippen LogP contribution in [0.5, 0.6) is 0 Å². The minimum atomic E-state index is -0.436. The third-order valence-electron chi connectivity index (χ3n) is 7.33. The van der Waals surface area contributed by atoms with Gasteiger partial charge < -0.3 is 24.8 Å². The first-order valence-corrected chi connectivity index (χ1v) is 12.7. The van der Waals surface area contributed by atoms with Crippen LogP contribution in [0.2, 0.25) is 0 Å². The minimum Gasteiger partial charge on any atom is -0.444 e. The predicted octanol–water partition coefficient (Wildman–Crippen LogP) is 4.12. The van der Waals surface area contributed by atoms with E-state index in [1.165, 1.54) is 43.2 Å². The molecule has 1 saturated heterocycles. The molecule has 0 radical (unpaired) electrons. The molecular weight excluding hydrogens is 416 g/mol. The summed E-state index contributed by atoms with van der Waals surface area (Å²) in [4.78, 5) is 23.5. The molecule has 1 aliphatic carbocycles. The number of pyridine rings is 1. The molecular formula is C25H38N6O2. The number of likely N-dealkylation sites (tertiary alicyclic amines) is 1. The Kier molecular flexibility index (Phi) is 6.20. The summed E-state index contributed by atoms with van der Waals surface area (Å²) in [6.07, 6.45) is 11.7. The summed E-state index contributed by atoms with van der Waals surface area (Å²) in [5.74, 6) is 1.54. The smallest absolute Gasteiger partial charge is 0.410 e. The van der Waals surface area contributed by atoms with Crippen LogP contribution in [0.1, 0.15) is 70.9 Å². The van der Waals surface area contributed by atoms with Crippen molar-refractivity contribution in [3.63, 3.8) is 0 Å². The summed E-state index contributed by atoms with van der Waals surface area (Å²) < 4.78 is 7.99. The summed E-state index contributed by atoms with van der Waals surface area (Å²) in [7, 11) is 0. The Morgan fingerprint density at radius 3 is 2.82 bits per heavy atom. The van der Waals surface area contributed by atoms with Gasteiger partial charge in [0.05, 0.1) is 18.0 Å². The van der Waals surface area contributed by atoms with Crippen molar-refractivity contribution in [2.24, 2.45) is 5.92 Å². The quantitative estimate of drug-likeness (QED) is 0.723. The second-order valence-corrected chi connectivity index (χ2v) is 11.0. The van der Waals surface area contributed by atoms with Crippen molar-refractivity contribution >= 4 is 22.9 Å². The summed E-state index contributed by atoms with van der Waals surface area (Å²) in [6.45, 7) is 9.34. The molecule has 0 unspecified atom stereocenters. The number of carbonyl (C=O) groups is 1. The minimum absolute atomic E-state index is 0.169. The van der Waals surface area contributed by atoms with Gasteiger partial charge >= 0.3 is 6.09 Å². The molecule has 2 aromatic heterocycles. The fourth-order valence-electron chi connectivity index (χ4n) is 5.68. The van der Waals surface area contributed by atoms with Gasteiger partial charge in [-0.2, -0.15) is 0 Å². The van der Waals surface area contributed by atoms with Gasteiger partial charge in [0.1, 0.15) is 16.9 Å². The van der Waals surface area contributed by atoms with E-state index in [2.05, 4.69) is 25.2 Å². The van der Waals surface area contributed by atoms with Crippen molar-refractivity contribution < 1.29 is 9.53 Å². The van der Waals surface area contributed by atoms with Crippen molar-refractivity contribution in [3.05, 3.63) is 18.1 Å². The average Bonchev–Trinajstić information content (AvgIpc) is 3.43. The largest absolute Gasteiger partial charge is 0.444 e. The second-order valence-electron chi connectivity index (χ2n) is 11.0. The molecule has 1 atom stereocenters. The van der Waals surface area contributed by atoms with Gasteiger partial charge in [0.25, 0.3) is 0 Å². The van der Waals surface area contributed by atoms with Crippen molar-refractivity contribution in [3.8, 4) is 0 Å². The fourth-order valence-corrected chi connectivity index (χ4v) is 5.68. The number of carbonyl (C=O) groups excluding carboxylic acids is 1. The Labute approximate surface area is 196 Å². The lowest BCUT2D eigenvalue weighted by atomic mass is 9.90. The molecule has 2 fully saturated rings. The van der Waals surface area contributed by atoms with E-state index in [0.29, 0.717) is 18.0 Å². The molecule has 2 aromatic rings. The van der Waals surface area contributed by atoms with Gasteiger partial charge in [0, 0.05) is 37.3 Å². The van der Waals surface area contributed by atoms with Crippen LogP contribution >= 0.6 is 0 Å².